The largest absolute Gasteiger partial charge is 0.444 e. The third-order valence-corrected chi connectivity index (χ3v) is 10.4. The molecule has 0 unspecified atom stereocenters. The van der Waals surface area contributed by atoms with Crippen LogP contribution >= 0.6 is 0 Å². The van der Waals surface area contributed by atoms with E-state index in [-0.39, 0.29) is 5.92 Å². The summed E-state index contributed by atoms with van der Waals surface area (Å²) in [6, 6.07) is 19.4. The number of carbonyl (C=O) groups excluding carboxylic acids is 6. The van der Waals surface area contributed by atoms with E-state index in [4.69, 9.17) is 31.4 Å². The van der Waals surface area contributed by atoms with Gasteiger partial charge in [0.25, 0.3) is 0 Å². The third kappa shape index (κ3) is 22.0. The fourth-order valence-corrected chi connectivity index (χ4v) is 7.18. The lowest BCUT2D eigenvalue weighted by molar-refractivity contribution is -0.119. The average molecular weight is 974 g/mol. The minimum atomic E-state index is -0.865. The van der Waals surface area contributed by atoms with Gasteiger partial charge in [-0.2, -0.15) is 0 Å². The quantitative estimate of drug-likeness (QED) is 0.0237. The van der Waals surface area contributed by atoms with Gasteiger partial charge in [-0.05, 0) is 193 Å². The summed E-state index contributed by atoms with van der Waals surface area (Å²) in [7, 11) is 0. The van der Waals surface area contributed by atoms with Gasteiger partial charge in [0.2, 0.25) is 17.7 Å². The number of rotatable bonds is 24. The van der Waals surface area contributed by atoms with Gasteiger partial charge in [0, 0.05) is 23.0 Å². The van der Waals surface area contributed by atoms with E-state index in [0.29, 0.717) is 94.5 Å². The molecule has 3 aromatic rings. The van der Waals surface area contributed by atoms with Gasteiger partial charge < -0.3 is 63.3 Å². The first kappa shape index (κ1) is 58.1. The van der Waals surface area contributed by atoms with E-state index in [0.717, 1.165) is 16.7 Å². The van der Waals surface area contributed by atoms with E-state index in [1.807, 2.05) is 36.4 Å². The number of unbranched alkanes of at least 4 members (excludes halogenated alkanes) is 3. The van der Waals surface area contributed by atoms with Gasteiger partial charge in [-0.1, -0.05) is 36.4 Å². The lowest BCUT2D eigenvalue weighted by atomic mass is 9.85. The summed E-state index contributed by atoms with van der Waals surface area (Å²) in [6.07, 6.45) is 2.87. The Kier molecular flexibility index (Phi) is 23.1. The summed E-state index contributed by atoms with van der Waals surface area (Å²) in [4.78, 5) is 78.8. The van der Waals surface area contributed by atoms with E-state index in [1.54, 1.807) is 98.7 Å². The van der Waals surface area contributed by atoms with E-state index in [9.17, 15) is 28.8 Å². The Morgan fingerprint density at radius 3 is 0.829 bits per heavy atom. The van der Waals surface area contributed by atoms with Crippen molar-refractivity contribution in [2.75, 3.05) is 35.6 Å². The zero-order chi connectivity index (χ0) is 52.1. The maximum absolute atomic E-state index is 13.6. The zero-order valence-electron chi connectivity index (χ0n) is 42.6. The van der Waals surface area contributed by atoms with Crippen LogP contribution in [0.4, 0.5) is 31.4 Å². The van der Waals surface area contributed by atoms with Gasteiger partial charge >= 0.3 is 18.3 Å². The van der Waals surface area contributed by atoms with Gasteiger partial charge in [-0.25, -0.2) is 14.4 Å². The molecule has 6 amide bonds. The Hall–Kier alpha value is -6.24. The van der Waals surface area contributed by atoms with Crippen LogP contribution in [0, 0.1) is 0 Å². The predicted octanol–water partition coefficient (Wildman–Crippen LogP) is 7.75. The zero-order valence-corrected chi connectivity index (χ0v) is 42.6. The van der Waals surface area contributed by atoms with Crippen molar-refractivity contribution in [3.63, 3.8) is 0 Å². The Bertz CT molecular complexity index is 1890. The molecule has 0 saturated carbocycles. The van der Waals surface area contributed by atoms with E-state index >= 15 is 0 Å². The Balaban J connectivity index is 1.97. The molecular weight excluding hydrogens is 895 g/mol. The van der Waals surface area contributed by atoms with Crippen LogP contribution in [0.3, 0.4) is 0 Å². The number of amides is 6. The molecule has 0 radical (unpaired) electrons. The molecule has 3 aromatic carbocycles. The number of benzene rings is 3. The predicted molar refractivity (Wildman–Crippen MR) is 274 cm³/mol. The number of nitrogens with one attached hydrogen (secondary N) is 6. The Morgan fingerprint density at radius 2 is 0.629 bits per heavy atom. The molecule has 0 saturated heterocycles. The van der Waals surface area contributed by atoms with Crippen molar-refractivity contribution < 1.29 is 43.0 Å². The summed E-state index contributed by atoms with van der Waals surface area (Å²) in [6.45, 7) is 17.1. The van der Waals surface area contributed by atoms with Crippen molar-refractivity contribution in [2.45, 2.75) is 161 Å². The molecular formula is C52H79N9O9. The average Bonchev–Trinajstić information content (AvgIpc) is 3.25. The summed E-state index contributed by atoms with van der Waals surface area (Å²) in [5.41, 5.74) is 18.9. The fraction of sp³-hybridized carbons (Fsp3) is 0.538. The van der Waals surface area contributed by atoms with Gasteiger partial charge in [-0.3, -0.25) is 14.4 Å². The minimum Gasteiger partial charge on any atom is -0.444 e. The maximum atomic E-state index is 13.6. The molecule has 3 rings (SSSR count). The van der Waals surface area contributed by atoms with Gasteiger partial charge in [-0.15, -0.1) is 0 Å². The number of nitrogens with two attached hydrogens (primary N) is 3. The highest BCUT2D eigenvalue weighted by Crippen LogP contribution is 2.34. The third-order valence-electron chi connectivity index (χ3n) is 10.4. The smallest absolute Gasteiger partial charge is 0.408 e. The molecule has 0 heterocycles. The normalized spacial score (nSPS) is 13.0. The maximum Gasteiger partial charge on any atom is 0.408 e. The van der Waals surface area contributed by atoms with Gasteiger partial charge in [0.15, 0.2) is 0 Å². The minimum absolute atomic E-state index is 0.361. The molecule has 0 fully saturated rings. The van der Waals surface area contributed by atoms with E-state index in [2.05, 4.69) is 31.9 Å². The molecule has 0 aliphatic rings. The Labute approximate surface area is 414 Å². The second-order valence-corrected chi connectivity index (χ2v) is 20.2. The van der Waals surface area contributed by atoms with Crippen LogP contribution in [0.5, 0.6) is 0 Å². The molecule has 0 aromatic heterocycles. The van der Waals surface area contributed by atoms with Crippen molar-refractivity contribution >= 4 is 53.1 Å². The highest BCUT2D eigenvalue weighted by atomic mass is 16.6. The Morgan fingerprint density at radius 1 is 0.400 bits per heavy atom. The number of anilines is 3. The van der Waals surface area contributed by atoms with Crippen LogP contribution in [-0.2, 0) is 28.6 Å². The van der Waals surface area contributed by atoms with Crippen LogP contribution in [0.2, 0.25) is 0 Å². The summed E-state index contributed by atoms with van der Waals surface area (Å²) in [5, 5.41) is 16.9. The van der Waals surface area contributed by atoms with Gasteiger partial charge in [0.1, 0.15) is 34.9 Å². The SMILES string of the molecule is CC(C)(C)OC(=O)N[C@H](CCCCN)C(=O)Nc1ccc(C(c2ccc(NC(=O)[C@@H](CCCCN)NC(=O)OC(C)(C)C)cc2)c2ccc(NC(=O)[C@@H](CCCCN)NC(=O)OC(C)(C)C)cc2)cc1. The number of alkyl carbamates (subject to hydrolysis) is 3. The number of carbonyl (C=O) groups is 6. The molecule has 0 spiro atoms. The van der Waals surface area contributed by atoms with Crippen LogP contribution in [0.15, 0.2) is 72.8 Å². The van der Waals surface area contributed by atoms with Crippen molar-refractivity contribution in [2.24, 2.45) is 17.2 Å². The van der Waals surface area contributed by atoms with E-state index in [1.165, 1.54) is 0 Å². The van der Waals surface area contributed by atoms with Crippen LogP contribution < -0.4 is 49.1 Å². The molecule has 0 aliphatic carbocycles. The molecule has 70 heavy (non-hydrogen) atoms. The van der Waals surface area contributed by atoms with Crippen LogP contribution in [0.25, 0.3) is 0 Å². The lowest BCUT2D eigenvalue weighted by Crippen LogP contribution is -2.45. The molecule has 386 valence electrons. The topological polar surface area (TPSA) is 280 Å². The number of hydrogen-bond acceptors (Lipinski definition) is 12. The highest BCUT2D eigenvalue weighted by Gasteiger charge is 2.28. The monoisotopic (exact) mass is 974 g/mol. The fourth-order valence-electron chi connectivity index (χ4n) is 7.18. The first-order valence-corrected chi connectivity index (χ1v) is 24.2. The van der Waals surface area contributed by atoms with Crippen molar-refractivity contribution in [3.8, 4) is 0 Å². The summed E-state index contributed by atoms with van der Waals surface area (Å²) >= 11 is 0. The molecule has 18 nitrogen and oxygen atoms in total. The first-order valence-electron chi connectivity index (χ1n) is 24.2. The molecule has 18 heteroatoms. The molecule has 0 aliphatic heterocycles. The van der Waals surface area contributed by atoms with Gasteiger partial charge in [0.05, 0.1) is 0 Å². The molecule has 3 atom stereocenters. The molecule has 12 N–H and O–H groups in total. The molecule has 0 bridgehead atoms. The summed E-state index contributed by atoms with van der Waals surface area (Å²) in [5.74, 6) is -1.61. The number of hydrogen-bond donors (Lipinski definition) is 9. The first-order chi connectivity index (χ1) is 32.9. The lowest BCUT2D eigenvalue weighted by Gasteiger charge is -2.24. The summed E-state index contributed by atoms with van der Waals surface area (Å²) < 4.78 is 16.3. The van der Waals surface area contributed by atoms with Crippen molar-refractivity contribution in [1.82, 2.24) is 16.0 Å². The highest BCUT2D eigenvalue weighted by molar-refractivity contribution is 5.98. The van der Waals surface area contributed by atoms with Crippen molar-refractivity contribution in [1.29, 1.82) is 0 Å². The van der Waals surface area contributed by atoms with E-state index < -0.39 is 70.9 Å². The van der Waals surface area contributed by atoms with Crippen LogP contribution in [-0.4, -0.2) is 90.6 Å². The van der Waals surface area contributed by atoms with Crippen LogP contribution in [0.1, 0.15) is 143 Å². The number of ether oxygens (including phenoxy) is 3. The van der Waals surface area contributed by atoms with Crippen molar-refractivity contribution in [3.05, 3.63) is 89.5 Å². The second kappa shape index (κ2) is 27.8. The second-order valence-electron chi connectivity index (χ2n) is 20.2. The standard InChI is InChI=1S/C52H79N9O9/c1-50(2,3)68-47(65)59-40(16-10-13-31-53)44(62)56-37-25-19-34(20-26-37)43(35-21-27-38(28-22-35)57-45(63)41(17-11-14-32-54)60-48(66)69-51(4,5)6)36-23-29-39(30-24-36)58-46(64)42(18-12-15-33-55)61-49(67)70-52(7,8)9/h19-30,40-43H,10-18,31-33,53-55H2,1-9H3,(H,56,62)(H,57,63)(H,58,64)(H,59,65)(H,60,66)(H,61,67)/t40-,41-,42-/m1/s1.